The number of benzene rings is 1. The second-order valence-corrected chi connectivity index (χ2v) is 4.26. The summed E-state index contributed by atoms with van der Waals surface area (Å²) in [5, 5.41) is 16.7. The van der Waals surface area contributed by atoms with Gasteiger partial charge in [0.1, 0.15) is 0 Å². The van der Waals surface area contributed by atoms with E-state index in [-0.39, 0.29) is 11.7 Å². The van der Waals surface area contributed by atoms with E-state index in [0.717, 1.165) is 0 Å². The number of hydrogen-bond donors (Lipinski definition) is 1. The van der Waals surface area contributed by atoms with Crippen LogP contribution in [0.15, 0.2) is 28.7 Å². The van der Waals surface area contributed by atoms with Gasteiger partial charge in [0, 0.05) is 5.56 Å². The molecule has 0 saturated carbocycles. The zero-order valence-corrected chi connectivity index (χ0v) is 10.5. The number of carboxylic acids is 1. The Hall–Kier alpha value is -2.25. The van der Waals surface area contributed by atoms with Crippen LogP contribution in [0.3, 0.4) is 0 Å². The van der Waals surface area contributed by atoms with E-state index in [1.165, 1.54) is 12.1 Å². The summed E-state index contributed by atoms with van der Waals surface area (Å²) < 4.78 is 16.3. The molecule has 7 nitrogen and oxygen atoms in total. The lowest BCUT2D eigenvalue weighted by molar-refractivity contribution is -0.0995. The predicted octanol–water partition coefficient (Wildman–Crippen LogP) is 1.52. The van der Waals surface area contributed by atoms with Gasteiger partial charge in [-0.15, -0.1) is 10.2 Å². The highest BCUT2D eigenvalue weighted by molar-refractivity contribution is 5.88. The summed E-state index contributed by atoms with van der Waals surface area (Å²) in [7, 11) is 0. The van der Waals surface area contributed by atoms with Gasteiger partial charge in [0.25, 0.3) is 0 Å². The Balaban J connectivity index is 1.80. The molecular formula is C13H12N2O5. The van der Waals surface area contributed by atoms with Crippen molar-refractivity contribution in [3.8, 4) is 11.5 Å². The monoisotopic (exact) mass is 276 g/mol. The third-order valence-corrected chi connectivity index (χ3v) is 2.91. The third kappa shape index (κ3) is 2.54. The molecule has 0 aliphatic carbocycles. The summed E-state index contributed by atoms with van der Waals surface area (Å²) in [5.74, 6) is -0.288. The van der Waals surface area contributed by atoms with Crippen LogP contribution >= 0.6 is 0 Å². The molecule has 3 rings (SSSR count). The van der Waals surface area contributed by atoms with Gasteiger partial charge >= 0.3 is 5.97 Å². The lowest BCUT2D eigenvalue weighted by Crippen LogP contribution is -2.22. The smallest absolute Gasteiger partial charge is 0.335 e. The van der Waals surface area contributed by atoms with Gasteiger partial charge in [-0.05, 0) is 24.3 Å². The first-order valence-corrected chi connectivity index (χ1v) is 6.10. The zero-order valence-electron chi connectivity index (χ0n) is 10.5. The molecule has 2 heterocycles. The molecule has 1 aromatic heterocycles. The van der Waals surface area contributed by atoms with Gasteiger partial charge in [0.05, 0.1) is 25.4 Å². The maximum Gasteiger partial charge on any atom is 0.335 e. The van der Waals surface area contributed by atoms with Crippen LogP contribution in [0.1, 0.15) is 22.4 Å². The van der Waals surface area contributed by atoms with E-state index in [1.54, 1.807) is 12.1 Å². The van der Waals surface area contributed by atoms with Gasteiger partial charge in [-0.1, -0.05) is 0 Å². The number of hydrogen-bond acceptors (Lipinski definition) is 6. The summed E-state index contributed by atoms with van der Waals surface area (Å²) in [4.78, 5) is 10.8. The van der Waals surface area contributed by atoms with Crippen LogP contribution in [0.2, 0.25) is 0 Å². The Kier molecular flexibility index (Phi) is 3.44. The van der Waals surface area contributed by atoms with E-state index < -0.39 is 5.97 Å². The molecule has 1 aliphatic heterocycles. The van der Waals surface area contributed by atoms with Gasteiger partial charge in [0.2, 0.25) is 11.8 Å². The number of aromatic nitrogens is 2. The first kappa shape index (κ1) is 12.8. The Bertz CT molecular complexity index is 601. The molecule has 1 N–H and O–H groups in total. The average Bonchev–Trinajstić information content (AvgIpc) is 2.98. The van der Waals surface area contributed by atoms with Crippen molar-refractivity contribution in [2.24, 2.45) is 0 Å². The largest absolute Gasteiger partial charge is 0.478 e. The van der Waals surface area contributed by atoms with Crippen LogP contribution in [0.4, 0.5) is 0 Å². The Morgan fingerprint density at radius 2 is 2.00 bits per heavy atom. The number of carboxylic acid groups (broad SMARTS) is 1. The molecular weight excluding hydrogens is 264 g/mol. The van der Waals surface area contributed by atoms with Crippen molar-refractivity contribution in [3.63, 3.8) is 0 Å². The van der Waals surface area contributed by atoms with Crippen LogP contribution in [0.25, 0.3) is 11.5 Å². The third-order valence-electron chi connectivity index (χ3n) is 2.91. The molecule has 0 amide bonds. The highest BCUT2D eigenvalue weighted by atomic mass is 16.6. The van der Waals surface area contributed by atoms with Crippen molar-refractivity contribution in [1.82, 2.24) is 10.2 Å². The normalized spacial score (nSPS) is 18.9. The molecule has 0 bridgehead atoms. The molecule has 1 aromatic carbocycles. The fourth-order valence-electron chi connectivity index (χ4n) is 1.87. The van der Waals surface area contributed by atoms with Crippen LogP contribution in [0, 0.1) is 0 Å². The maximum atomic E-state index is 10.8. The van der Waals surface area contributed by atoms with Gasteiger partial charge in [0.15, 0.2) is 6.10 Å². The van der Waals surface area contributed by atoms with Crippen molar-refractivity contribution in [1.29, 1.82) is 0 Å². The van der Waals surface area contributed by atoms with Crippen LogP contribution in [-0.2, 0) is 9.47 Å². The summed E-state index contributed by atoms with van der Waals surface area (Å²) in [6.07, 6.45) is -0.344. The standard InChI is InChI=1S/C13H12N2O5/c16-13(17)9-3-1-8(2-4-9)11-14-15-12(20-11)10-7-18-5-6-19-10/h1-4,10H,5-7H2,(H,16,17). The minimum Gasteiger partial charge on any atom is -0.478 e. The SMILES string of the molecule is O=C(O)c1ccc(-c2nnc(C3COCCO3)o2)cc1. The van der Waals surface area contributed by atoms with Gasteiger partial charge in [-0.25, -0.2) is 4.79 Å². The first-order valence-electron chi connectivity index (χ1n) is 6.10. The Labute approximate surface area is 114 Å². The van der Waals surface area contributed by atoms with E-state index in [0.29, 0.717) is 37.2 Å². The molecule has 7 heteroatoms. The van der Waals surface area contributed by atoms with Crippen LogP contribution in [0.5, 0.6) is 0 Å². The molecule has 2 aromatic rings. The highest BCUT2D eigenvalue weighted by Crippen LogP contribution is 2.24. The number of nitrogens with zero attached hydrogens (tertiary/aromatic N) is 2. The fourth-order valence-corrected chi connectivity index (χ4v) is 1.87. The molecule has 1 unspecified atom stereocenters. The molecule has 0 spiro atoms. The molecule has 20 heavy (non-hydrogen) atoms. The second-order valence-electron chi connectivity index (χ2n) is 4.26. The molecule has 1 atom stereocenters. The van der Waals surface area contributed by atoms with Crippen LogP contribution < -0.4 is 0 Å². The fraction of sp³-hybridized carbons (Fsp3) is 0.308. The Morgan fingerprint density at radius 3 is 2.65 bits per heavy atom. The van der Waals surface area contributed by atoms with E-state index in [1.807, 2.05) is 0 Å². The Morgan fingerprint density at radius 1 is 1.20 bits per heavy atom. The van der Waals surface area contributed by atoms with Gasteiger partial charge < -0.3 is 19.0 Å². The number of ether oxygens (including phenoxy) is 2. The summed E-state index contributed by atoms with van der Waals surface area (Å²) in [6.45, 7) is 1.45. The van der Waals surface area contributed by atoms with Crippen molar-refractivity contribution in [2.45, 2.75) is 6.10 Å². The van der Waals surface area contributed by atoms with Crippen molar-refractivity contribution >= 4 is 5.97 Å². The summed E-state index contributed by atoms with van der Waals surface area (Å²) in [5.41, 5.74) is 0.864. The van der Waals surface area contributed by atoms with Crippen LogP contribution in [-0.4, -0.2) is 41.1 Å². The lowest BCUT2D eigenvalue weighted by atomic mass is 10.1. The summed E-state index contributed by atoms with van der Waals surface area (Å²) >= 11 is 0. The van der Waals surface area contributed by atoms with E-state index in [9.17, 15) is 4.79 Å². The maximum absolute atomic E-state index is 10.8. The average molecular weight is 276 g/mol. The number of rotatable bonds is 3. The number of carbonyl (C=O) groups is 1. The minimum atomic E-state index is -0.976. The van der Waals surface area contributed by atoms with E-state index in [4.69, 9.17) is 19.0 Å². The van der Waals surface area contributed by atoms with E-state index >= 15 is 0 Å². The molecule has 104 valence electrons. The first-order chi connectivity index (χ1) is 9.74. The van der Waals surface area contributed by atoms with Crippen molar-refractivity contribution < 1.29 is 23.8 Å². The molecule has 1 saturated heterocycles. The van der Waals surface area contributed by atoms with Crippen molar-refractivity contribution in [2.75, 3.05) is 19.8 Å². The minimum absolute atomic E-state index is 0.206. The lowest BCUT2D eigenvalue weighted by Gasteiger charge is -2.19. The summed E-state index contributed by atoms with van der Waals surface area (Å²) in [6, 6.07) is 6.22. The topological polar surface area (TPSA) is 94.7 Å². The zero-order chi connectivity index (χ0) is 13.9. The highest BCUT2D eigenvalue weighted by Gasteiger charge is 2.23. The molecule has 0 radical (unpaired) electrons. The molecule has 1 fully saturated rings. The van der Waals surface area contributed by atoms with E-state index in [2.05, 4.69) is 10.2 Å². The van der Waals surface area contributed by atoms with Crippen molar-refractivity contribution in [3.05, 3.63) is 35.7 Å². The number of aromatic carboxylic acids is 1. The van der Waals surface area contributed by atoms with Gasteiger partial charge in [-0.3, -0.25) is 0 Å². The quantitative estimate of drug-likeness (QED) is 0.908. The van der Waals surface area contributed by atoms with Gasteiger partial charge in [-0.2, -0.15) is 0 Å². The molecule has 1 aliphatic rings. The predicted molar refractivity (Wildman–Crippen MR) is 66.2 cm³/mol. The second kappa shape index (κ2) is 5.40.